The second-order valence-corrected chi connectivity index (χ2v) is 6.40. The van der Waals surface area contributed by atoms with Crippen LogP contribution in [0.5, 0.6) is 0 Å². The van der Waals surface area contributed by atoms with Gasteiger partial charge >= 0.3 is 0 Å². The van der Waals surface area contributed by atoms with Crippen LogP contribution in [-0.2, 0) is 17.8 Å². The van der Waals surface area contributed by atoms with E-state index < -0.39 is 0 Å². The molecule has 0 bridgehead atoms. The summed E-state index contributed by atoms with van der Waals surface area (Å²) in [5.74, 6) is 1.05. The van der Waals surface area contributed by atoms with E-state index in [1.807, 2.05) is 19.1 Å². The molecule has 3 aromatic rings. The first-order chi connectivity index (χ1) is 12.0. The van der Waals surface area contributed by atoms with E-state index in [-0.39, 0.29) is 12.3 Å². The number of halogens is 2. The standard InChI is InChI=1S/C17H16Cl2N4O2/c1-10-13(11(2)25-22-10)8-16(24)21-15-6-7-20-23(15)9-12-4-3-5-14(18)17(12)19/h3-7H,8-9H2,1-2H3,(H,21,24). The molecule has 0 aliphatic heterocycles. The first kappa shape index (κ1) is 17.5. The van der Waals surface area contributed by atoms with Crippen molar-refractivity contribution in [1.82, 2.24) is 14.9 Å². The zero-order valence-corrected chi connectivity index (χ0v) is 15.2. The number of rotatable bonds is 5. The molecule has 0 fully saturated rings. The summed E-state index contributed by atoms with van der Waals surface area (Å²) in [7, 11) is 0. The number of hydrogen-bond donors (Lipinski definition) is 1. The number of aromatic nitrogens is 3. The number of nitrogens with zero attached hydrogens (tertiary/aromatic N) is 3. The molecule has 0 radical (unpaired) electrons. The van der Waals surface area contributed by atoms with Crippen molar-refractivity contribution in [2.75, 3.05) is 5.32 Å². The van der Waals surface area contributed by atoms with Crippen molar-refractivity contribution in [2.45, 2.75) is 26.8 Å². The monoisotopic (exact) mass is 378 g/mol. The van der Waals surface area contributed by atoms with Gasteiger partial charge in [-0.2, -0.15) is 5.10 Å². The Labute approximate surface area is 154 Å². The van der Waals surface area contributed by atoms with E-state index in [2.05, 4.69) is 15.6 Å². The van der Waals surface area contributed by atoms with Crippen molar-refractivity contribution in [3.63, 3.8) is 0 Å². The maximum absolute atomic E-state index is 12.3. The van der Waals surface area contributed by atoms with Gasteiger partial charge in [-0.15, -0.1) is 0 Å². The molecule has 8 heteroatoms. The predicted octanol–water partition coefficient (Wildman–Crippen LogP) is 4.02. The number of hydrogen-bond acceptors (Lipinski definition) is 4. The van der Waals surface area contributed by atoms with Gasteiger partial charge in [0.2, 0.25) is 5.91 Å². The fourth-order valence-corrected chi connectivity index (χ4v) is 2.88. The lowest BCUT2D eigenvalue weighted by molar-refractivity contribution is -0.115. The molecule has 6 nitrogen and oxygen atoms in total. The molecule has 0 aliphatic rings. The maximum Gasteiger partial charge on any atom is 0.230 e. The van der Waals surface area contributed by atoms with E-state index in [0.29, 0.717) is 33.9 Å². The van der Waals surface area contributed by atoms with Gasteiger partial charge in [-0.1, -0.05) is 40.5 Å². The molecule has 0 aliphatic carbocycles. The number of amides is 1. The number of anilines is 1. The summed E-state index contributed by atoms with van der Waals surface area (Å²) < 4.78 is 6.74. The Morgan fingerprint density at radius 3 is 2.80 bits per heavy atom. The minimum absolute atomic E-state index is 0.173. The van der Waals surface area contributed by atoms with E-state index in [1.54, 1.807) is 29.9 Å². The van der Waals surface area contributed by atoms with Gasteiger partial charge in [0.15, 0.2) is 0 Å². The average molecular weight is 379 g/mol. The van der Waals surface area contributed by atoms with Crippen molar-refractivity contribution >= 4 is 34.9 Å². The number of nitrogens with one attached hydrogen (secondary N) is 1. The third-order valence-corrected chi connectivity index (χ3v) is 4.71. The Hall–Kier alpha value is -2.31. The summed E-state index contributed by atoms with van der Waals surface area (Å²) in [6.07, 6.45) is 1.80. The number of carbonyl (C=O) groups is 1. The van der Waals surface area contributed by atoms with Gasteiger partial charge in [0.1, 0.15) is 11.6 Å². The molecule has 0 unspecified atom stereocenters. The quantitative estimate of drug-likeness (QED) is 0.727. The second-order valence-electron chi connectivity index (χ2n) is 5.61. The Morgan fingerprint density at radius 1 is 1.28 bits per heavy atom. The first-order valence-electron chi connectivity index (χ1n) is 7.62. The highest BCUT2D eigenvalue weighted by Crippen LogP contribution is 2.26. The maximum atomic E-state index is 12.3. The van der Waals surface area contributed by atoms with E-state index in [4.69, 9.17) is 27.7 Å². The number of carbonyl (C=O) groups excluding carboxylic acids is 1. The largest absolute Gasteiger partial charge is 0.361 e. The molecule has 1 aromatic carbocycles. The molecule has 0 saturated heterocycles. The molecule has 1 amide bonds. The third-order valence-electron chi connectivity index (χ3n) is 3.85. The average Bonchev–Trinajstić information content (AvgIpc) is 3.13. The molecule has 0 atom stereocenters. The zero-order chi connectivity index (χ0) is 18.0. The zero-order valence-electron chi connectivity index (χ0n) is 13.7. The minimum atomic E-state index is -0.173. The minimum Gasteiger partial charge on any atom is -0.361 e. The van der Waals surface area contributed by atoms with Crippen LogP contribution in [0.3, 0.4) is 0 Å². The van der Waals surface area contributed by atoms with Crippen molar-refractivity contribution in [1.29, 1.82) is 0 Å². The summed E-state index contributed by atoms with van der Waals surface area (Å²) in [6, 6.07) is 7.14. The van der Waals surface area contributed by atoms with Gasteiger partial charge in [-0.05, 0) is 25.5 Å². The molecule has 130 valence electrons. The lowest BCUT2D eigenvalue weighted by Gasteiger charge is -2.11. The van der Waals surface area contributed by atoms with E-state index in [9.17, 15) is 4.79 Å². The highest BCUT2D eigenvalue weighted by Gasteiger charge is 2.15. The van der Waals surface area contributed by atoms with Crippen LogP contribution in [0.25, 0.3) is 0 Å². The van der Waals surface area contributed by atoms with Gasteiger partial charge in [-0.25, -0.2) is 4.68 Å². The fourth-order valence-electron chi connectivity index (χ4n) is 2.50. The van der Waals surface area contributed by atoms with Crippen LogP contribution >= 0.6 is 23.2 Å². The Kier molecular flexibility index (Phi) is 5.11. The highest BCUT2D eigenvalue weighted by atomic mass is 35.5. The first-order valence-corrected chi connectivity index (χ1v) is 8.37. The molecule has 3 rings (SSSR count). The summed E-state index contributed by atoms with van der Waals surface area (Å²) >= 11 is 12.3. The van der Waals surface area contributed by atoms with Crippen LogP contribution in [0.15, 0.2) is 35.0 Å². The van der Waals surface area contributed by atoms with Crippen LogP contribution in [0.2, 0.25) is 10.0 Å². The highest BCUT2D eigenvalue weighted by molar-refractivity contribution is 6.42. The van der Waals surface area contributed by atoms with Crippen LogP contribution in [-0.4, -0.2) is 20.8 Å². The predicted molar refractivity (Wildman–Crippen MR) is 96.1 cm³/mol. The van der Waals surface area contributed by atoms with E-state index >= 15 is 0 Å². The SMILES string of the molecule is Cc1noc(C)c1CC(=O)Nc1ccnn1Cc1cccc(Cl)c1Cl. The van der Waals surface area contributed by atoms with E-state index in [1.165, 1.54) is 0 Å². The van der Waals surface area contributed by atoms with Gasteiger partial charge in [0.05, 0.1) is 34.9 Å². The lowest BCUT2D eigenvalue weighted by atomic mass is 10.1. The lowest BCUT2D eigenvalue weighted by Crippen LogP contribution is -2.18. The Bertz CT molecular complexity index is 898. The van der Waals surface area contributed by atoms with Crippen LogP contribution in [0, 0.1) is 13.8 Å². The molecule has 25 heavy (non-hydrogen) atoms. The molecule has 0 saturated carbocycles. The van der Waals surface area contributed by atoms with Crippen LogP contribution in [0.4, 0.5) is 5.82 Å². The summed E-state index contributed by atoms with van der Waals surface area (Å²) in [5, 5.41) is 11.9. The molecule has 2 heterocycles. The van der Waals surface area contributed by atoms with Crippen LogP contribution < -0.4 is 5.32 Å². The molecule has 1 N–H and O–H groups in total. The number of aryl methyl sites for hydroxylation is 2. The van der Waals surface area contributed by atoms with Crippen molar-refractivity contribution in [2.24, 2.45) is 0 Å². The van der Waals surface area contributed by atoms with Gasteiger partial charge in [-0.3, -0.25) is 4.79 Å². The molecule has 2 aromatic heterocycles. The summed E-state index contributed by atoms with van der Waals surface area (Å²) in [5.41, 5.74) is 2.33. The topological polar surface area (TPSA) is 73.0 Å². The summed E-state index contributed by atoms with van der Waals surface area (Å²) in [6.45, 7) is 3.99. The van der Waals surface area contributed by atoms with Crippen LogP contribution in [0.1, 0.15) is 22.6 Å². The molecular weight excluding hydrogens is 363 g/mol. The van der Waals surface area contributed by atoms with Crippen molar-refractivity contribution in [3.8, 4) is 0 Å². The van der Waals surface area contributed by atoms with Gasteiger partial charge < -0.3 is 9.84 Å². The molecular formula is C17H16Cl2N4O2. The van der Waals surface area contributed by atoms with Gasteiger partial charge in [0, 0.05) is 11.6 Å². The van der Waals surface area contributed by atoms with E-state index in [0.717, 1.165) is 11.1 Å². The fraction of sp³-hybridized carbons (Fsp3) is 0.235. The second kappa shape index (κ2) is 7.29. The third kappa shape index (κ3) is 3.86. The Balaban J connectivity index is 1.73. The normalized spacial score (nSPS) is 10.9. The van der Waals surface area contributed by atoms with Gasteiger partial charge in [0.25, 0.3) is 0 Å². The van der Waals surface area contributed by atoms with Crippen molar-refractivity contribution in [3.05, 3.63) is 63.1 Å². The smallest absolute Gasteiger partial charge is 0.230 e. The summed E-state index contributed by atoms with van der Waals surface area (Å²) in [4.78, 5) is 12.3. The Morgan fingerprint density at radius 2 is 2.08 bits per heavy atom. The van der Waals surface area contributed by atoms with Crippen molar-refractivity contribution < 1.29 is 9.32 Å². The molecule has 0 spiro atoms. The number of benzene rings is 1.